The molecule has 0 bridgehead atoms. The van der Waals surface area contributed by atoms with Crippen molar-refractivity contribution >= 4 is 17.9 Å². The Bertz CT molecular complexity index is 841. The Labute approximate surface area is 179 Å². The summed E-state index contributed by atoms with van der Waals surface area (Å²) in [5.41, 5.74) is 2.20. The van der Waals surface area contributed by atoms with Crippen molar-refractivity contribution in [2.45, 2.75) is 18.9 Å². The lowest BCUT2D eigenvalue weighted by Gasteiger charge is -2.31. The van der Waals surface area contributed by atoms with Gasteiger partial charge >= 0.3 is 0 Å². The highest BCUT2D eigenvalue weighted by Crippen LogP contribution is 2.20. The zero-order valence-electron chi connectivity index (χ0n) is 17.8. The normalized spacial score (nSPS) is 16.0. The minimum Gasteiger partial charge on any atom is -0.354 e. The molecule has 1 fully saturated rings. The first-order valence-electron chi connectivity index (χ1n) is 10.6. The van der Waals surface area contributed by atoms with Crippen LogP contribution in [0.4, 0.5) is 0 Å². The van der Waals surface area contributed by atoms with Gasteiger partial charge in [0, 0.05) is 31.6 Å². The maximum Gasteiger partial charge on any atom is 0.246 e. The van der Waals surface area contributed by atoms with Crippen molar-refractivity contribution in [1.82, 2.24) is 15.1 Å². The molecular weight excluding hydrogens is 374 g/mol. The van der Waals surface area contributed by atoms with E-state index in [1.54, 1.807) is 6.08 Å². The van der Waals surface area contributed by atoms with E-state index in [-0.39, 0.29) is 23.8 Å². The standard InChI is InChI=1S/C25H31N3O2/c1-27(2)23(21-11-7-4-8-12-21)19-26-25(30)22-15-17-28(18-16-22)24(29)14-13-20-9-5-3-6-10-20/h3-14,22-23H,15-19H2,1-2H3,(H,26,30)/b14-13+. The molecule has 0 spiro atoms. The highest BCUT2D eigenvalue weighted by molar-refractivity contribution is 5.92. The molecule has 1 N–H and O–H groups in total. The Balaban J connectivity index is 1.46. The van der Waals surface area contributed by atoms with Gasteiger partial charge in [-0.05, 0) is 44.1 Å². The zero-order valence-corrected chi connectivity index (χ0v) is 17.8. The van der Waals surface area contributed by atoms with Gasteiger partial charge in [-0.15, -0.1) is 0 Å². The molecule has 1 heterocycles. The summed E-state index contributed by atoms with van der Waals surface area (Å²) in [6.07, 6.45) is 4.87. The molecular formula is C25H31N3O2. The number of rotatable bonds is 7. The monoisotopic (exact) mass is 405 g/mol. The lowest BCUT2D eigenvalue weighted by molar-refractivity contribution is -0.132. The average Bonchev–Trinajstić information content (AvgIpc) is 2.79. The maximum absolute atomic E-state index is 12.7. The van der Waals surface area contributed by atoms with Gasteiger partial charge < -0.3 is 15.1 Å². The molecule has 1 saturated heterocycles. The van der Waals surface area contributed by atoms with Crippen molar-refractivity contribution in [3.05, 3.63) is 77.9 Å². The van der Waals surface area contributed by atoms with Crippen LogP contribution in [0.3, 0.4) is 0 Å². The maximum atomic E-state index is 12.7. The molecule has 1 aliphatic heterocycles. The van der Waals surface area contributed by atoms with Crippen molar-refractivity contribution < 1.29 is 9.59 Å². The van der Waals surface area contributed by atoms with Gasteiger partial charge in [0.2, 0.25) is 11.8 Å². The fourth-order valence-electron chi connectivity index (χ4n) is 3.81. The molecule has 0 aromatic heterocycles. The Hall–Kier alpha value is -2.92. The van der Waals surface area contributed by atoms with Crippen LogP contribution in [0.1, 0.15) is 30.0 Å². The van der Waals surface area contributed by atoms with E-state index in [0.717, 1.165) is 5.56 Å². The molecule has 1 aliphatic rings. The SMILES string of the molecule is CN(C)C(CNC(=O)C1CCN(C(=O)/C=C/c2ccccc2)CC1)c1ccccc1. The topological polar surface area (TPSA) is 52.7 Å². The van der Waals surface area contributed by atoms with Crippen LogP contribution >= 0.6 is 0 Å². The highest BCUT2D eigenvalue weighted by atomic mass is 16.2. The summed E-state index contributed by atoms with van der Waals surface area (Å²) in [6.45, 7) is 1.81. The van der Waals surface area contributed by atoms with E-state index < -0.39 is 0 Å². The zero-order chi connectivity index (χ0) is 21.3. The van der Waals surface area contributed by atoms with E-state index in [1.165, 1.54) is 5.56 Å². The van der Waals surface area contributed by atoms with Crippen molar-refractivity contribution in [2.75, 3.05) is 33.7 Å². The van der Waals surface area contributed by atoms with Gasteiger partial charge in [-0.25, -0.2) is 0 Å². The van der Waals surface area contributed by atoms with E-state index in [2.05, 4.69) is 22.3 Å². The summed E-state index contributed by atoms with van der Waals surface area (Å²) < 4.78 is 0. The number of hydrogen-bond acceptors (Lipinski definition) is 3. The Morgan fingerprint density at radius 3 is 2.23 bits per heavy atom. The number of likely N-dealkylation sites (N-methyl/N-ethyl adjacent to an activating group) is 1. The Kier molecular flexibility index (Phi) is 7.80. The molecule has 0 saturated carbocycles. The summed E-state index contributed by atoms with van der Waals surface area (Å²) in [4.78, 5) is 29.1. The van der Waals surface area contributed by atoms with E-state index in [9.17, 15) is 9.59 Å². The largest absolute Gasteiger partial charge is 0.354 e. The summed E-state index contributed by atoms with van der Waals surface area (Å²) >= 11 is 0. The van der Waals surface area contributed by atoms with Crippen molar-refractivity contribution in [3.63, 3.8) is 0 Å². The lowest BCUT2D eigenvalue weighted by Crippen LogP contribution is -2.44. The summed E-state index contributed by atoms with van der Waals surface area (Å²) in [7, 11) is 4.05. The molecule has 158 valence electrons. The number of piperidine rings is 1. The second-order valence-corrected chi connectivity index (χ2v) is 7.98. The second kappa shape index (κ2) is 10.7. The van der Waals surface area contributed by atoms with Crippen LogP contribution in [-0.4, -0.2) is 55.3 Å². The van der Waals surface area contributed by atoms with Gasteiger partial charge in [-0.3, -0.25) is 9.59 Å². The average molecular weight is 406 g/mol. The minimum atomic E-state index is -0.0364. The van der Waals surface area contributed by atoms with Crippen molar-refractivity contribution in [1.29, 1.82) is 0 Å². The predicted molar refractivity (Wildman–Crippen MR) is 121 cm³/mol. The third kappa shape index (κ3) is 6.04. The van der Waals surface area contributed by atoms with Gasteiger partial charge in [0.15, 0.2) is 0 Å². The number of nitrogens with one attached hydrogen (secondary N) is 1. The molecule has 5 heteroatoms. The minimum absolute atomic E-state index is 0.00876. The van der Waals surface area contributed by atoms with Gasteiger partial charge in [0.05, 0.1) is 6.04 Å². The van der Waals surface area contributed by atoms with Gasteiger partial charge in [-0.1, -0.05) is 60.7 Å². The van der Waals surface area contributed by atoms with E-state index in [4.69, 9.17) is 0 Å². The van der Waals surface area contributed by atoms with Crippen LogP contribution in [0, 0.1) is 5.92 Å². The fraction of sp³-hybridized carbons (Fsp3) is 0.360. The predicted octanol–water partition coefficient (Wildman–Crippen LogP) is 3.36. The Morgan fingerprint density at radius 2 is 1.63 bits per heavy atom. The number of hydrogen-bond donors (Lipinski definition) is 1. The number of carbonyl (C=O) groups is 2. The Morgan fingerprint density at radius 1 is 1.03 bits per heavy atom. The molecule has 1 unspecified atom stereocenters. The summed E-state index contributed by atoms with van der Waals surface area (Å²) in [6, 6.07) is 20.1. The second-order valence-electron chi connectivity index (χ2n) is 7.98. The van der Waals surface area contributed by atoms with Crippen LogP contribution in [-0.2, 0) is 9.59 Å². The number of nitrogens with zero attached hydrogens (tertiary/aromatic N) is 2. The first-order valence-corrected chi connectivity index (χ1v) is 10.6. The fourth-order valence-corrected chi connectivity index (χ4v) is 3.81. The third-order valence-electron chi connectivity index (χ3n) is 5.67. The van der Waals surface area contributed by atoms with Crippen LogP contribution in [0.5, 0.6) is 0 Å². The molecule has 2 amide bonds. The van der Waals surface area contributed by atoms with Gasteiger partial charge in [0.25, 0.3) is 0 Å². The van der Waals surface area contributed by atoms with E-state index >= 15 is 0 Å². The quantitative estimate of drug-likeness (QED) is 0.719. The highest BCUT2D eigenvalue weighted by Gasteiger charge is 2.27. The molecule has 2 aromatic rings. The molecule has 2 aromatic carbocycles. The first kappa shape index (κ1) is 21.8. The van der Waals surface area contributed by atoms with Crippen LogP contribution in [0.15, 0.2) is 66.7 Å². The van der Waals surface area contributed by atoms with E-state index in [0.29, 0.717) is 32.5 Å². The first-order chi connectivity index (χ1) is 14.5. The summed E-state index contributed by atoms with van der Waals surface area (Å²) in [5, 5.41) is 3.12. The van der Waals surface area contributed by atoms with Crippen LogP contribution in [0.25, 0.3) is 6.08 Å². The number of amides is 2. The third-order valence-corrected chi connectivity index (χ3v) is 5.67. The molecule has 5 nitrogen and oxygen atoms in total. The summed E-state index contributed by atoms with van der Waals surface area (Å²) in [5.74, 6) is 0.0601. The number of carbonyl (C=O) groups excluding carboxylic acids is 2. The molecule has 30 heavy (non-hydrogen) atoms. The van der Waals surface area contributed by atoms with Crippen molar-refractivity contribution in [3.8, 4) is 0 Å². The number of benzene rings is 2. The number of likely N-dealkylation sites (tertiary alicyclic amines) is 1. The van der Waals surface area contributed by atoms with Gasteiger partial charge in [0.1, 0.15) is 0 Å². The molecule has 0 radical (unpaired) electrons. The van der Waals surface area contributed by atoms with Gasteiger partial charge in [-0.2, -0.15) is 0 Å². The smallest absolute Gasteiger partial charge is 0.246 e. The molecule has 1 atom stereocenters. The van der Waals surface area contributed by atoms with Crippen LogP contribution < -0.4 is 5.32 Å². The molecule has 3 rings (SSSR count). The van der Waals surface area contributed by atoms with Crippen LogP contribution in [0.2, 0.25) is 0 Å². The molecule has 0 aliphatic carbocycles. The van der Waals surface area contributed by atoms with E-state index in [1.807, 2.05) is 73.6 Å². The lowest BCUT2D eigenvalue weighted by atomic mass is 9.95. The van der Waals surface area contributed by atoms with Crippen molar-refractivity contribution in [2.24, 2.45) is 5.92 Å².